The van der Waals surface area contributed by atoms with Gasteiger partial charge < -0.3 is 14.7 Å². The number of carboxylic acids is 1. The van der Waals surface area contributed by atoms with Gasteiger partial charge in [-0.1, -0.05) is 0 Å². The van der Waals surface area contributed by atoms with E-state index in [2.05, 4.69) is 67.8 Å². The molecule has 1 amide bonds. The third-order valence-corrected chi connectivity index (χ3v) is 4.88. The highest BCUT2D eigenvalue weighted by Crippen LogP contribution is 2.38. The molecule has 1 rings (SSSR count). The largest absolute Gasteiger partial charge is 0.480 e. The van der Waals surface area contributed by atoms with Crippen LogP contribution in [-0.2, 0) is 9.59 Å². The summed E-state index contributed by atoms with van der Waals surface area (Å²) in [6.07, 6.45) is 0. The molecule has 0 heterocycles. The molecule has 0 bridgehead atoms. The van der Waals surface area contributed by atoms with Crippen LogP contribution in [-0.4, -0.2) is 30.6 Å². The van der Waals surface area contributed by atoms with Gasteiger partial charge in [-0.05, 0) is 73.8 Å². The van der Waals surface area contributed by atoms with Crippen LogP contribution in [0.2, 0.25) is 0 Å². The number of ether oxygens (including phenoxy) is 1. The number of carbonyl (C=O) groups is 2. The number of hydrogen-bond acceptors (Lipinski definition) is 3. The van der Waals surface area contributed by atoms with Crippen molar-refractivity contribution in [3.63, 3.8) is 0 Å². The van der Waals surface area contributed by atoms with Crippen LogP contribution in [0.3, 0.4) is 0 Å². The molecule has 104 valence electrons. The molecule has 0 saturated carbocycles. The van der Waals surface area contributed by atoms with E-state index >= 15 is 0 Å². The summed E-state index contributed by atoms with van der Waals surface area (Å²) < 4.78 is 7.75. The Bertz CT molecular complexity index is 533. The molecule has 0 saturated heterocycles. The van der Waals surface area contributed by atoms with Crippen molar-refractivity contribution in [3.8, 4) is 5.75 Å². The summed E-state index contributed by atoms with van der Waals surface area (Å²) in [5.41, 5.74) is 0.731. The smallest absolute Gasteiger partial charge is 0.341 e. The lowest BCUT2D eigenvalue weighted by Gasteiger charge is -2.21. The minimum atomic E-state index is -1.04. The Labute approximate surface area is 151 Å². The molecule has 1 aromatic carbocycles. The van der Waals surface area contributed by atoms with Gasteiger partial charge in [-0.3, -0.25) is 4.79 Å². The maximum Gasteiger partial charge on any atom is 0.341 e. The van der Waals surface area contributed by atoms with Crippen LogP contribution in [0.15, 0.2) is 6.07 Å². The minimum Gasteiger partial charge on any atom is -0.480 e. The highest BCUT2D eigenvalue weighted by Gasteiger charge is 2.20. The molecule has 0 atom stereocenters. The molecular weight excluding hydrogens is 591 g/mol. The van der Waals surface area contributed by atoms with Crippen LogP contribution < -0.4 is 9.64 Å². The van der Waals surface area contributed by atoms with Gasteiger partial charge in [0.2, 0.25) is 5.91 Å². The summed E-state index contributed by atoms with van der Waals surface area (Å²) >= 11 is 6.29. The lowest BCUT2D eigenvalue weighted by Crippen LogP contribution is -2.25. The van der Waals surface area contributed by atoms with Crippen molar-refractivity contribution < 1.29 is 19.4 Å². The molecule has 1 aromatic rings. The number of anilines is 1. The number of nitrogens with zero attached hydrogens (tertiary/aromatic N) is 1. The van der Waals surface area contributed by atoms with Crippen molar-refractivity contribution in [2.75, 3.05) is 18.6 Å². The van der Waals surface area contributed by atoms with Gasteiger partial charge in [-0.15, -0.1) is 0 Å². The van der Waals surface area contributed by atoms with Gasteiger partial charge in [-0.25, -0.2) is 4.79 Å². The second-order valence-electron chi connectivity index (χ2n) is 3.59. The van der Waals surface area contributed by atoms with Crippen LogP contribution in [0.4, 0.5) is 5.69 Å². The number of aliphatic carboxylic acids is 1. The first-order chi connectivity index (χ1) is 8.75. The number of benzene rings is 1. The molecule has 0 aliphatic rings. The Kier molecular flexibility index (Phi) is 6.56. The fraction of sp³-hybridized carbons (Fsp3) is 0.273. The van der Waals surface area contributed by atoms with Gasteiger partial charge in [0.25, 0.3) is 0 Å². The minimum absolute atomic E-state index is 0.0961. The molecule has 5 nitrogen and oxygen atoms in total. The molecule has 0 aliphatic carbocycles. The zero-order valence-corrected chi connectivity index (χ0v) is 16.5. The summed E-state index contributed by atoms with van der Waals surface area (Å²) in [5.74, 6) is -0.639. The molecule has 8 heteroatoms. The summed E-state index contributed by atoms with van der Waals surface area (Å²) in [6, 6.07) is 1.86. The van der Waals surface area contributed by atoms with Crippen molar-refractivity contribution in [1.82, 2.24) is 0 Å². The molecule has 0 aromatic heterocycles. The normalized spacial score (nSPS) is 10.2. The number of halogens is 3. The highest BCUT2D eigenvalue weighted by atomic mass is 127. The van der Waals surface area contributed by atoms with E-state index in [0.717, 1.165) is 16.4 Å². The zero-order valence-electron chi connectivity index (χ0n) is 10.0. The number of hydrogen-bond donors (Lipinski definition) is 1. The van der Waals surface area contributed by atoms with E-state index in [1.54, 1.807) is 7.05 Å². The van der Waals surface area contributed by atoms with E-state index in [4.69, 9.17) is 9.84 Å². The predicted molar refractivity (Wildman–Crippen MR) is 96.8 cm³/mol. The van der Waals surface area contributed by atoms with Gasteiger partial charge in [0.15, 0.2) is 6.61 Å². The molecule has 0 radical (unpaired) electrons. The topological polar surface area (TPSA) is 66.8 Å². The molecule has 19 heavy (non-hydrogen) atoms. The van der Waals surface area contributed by atoms with Crippen molar-refractivity contribution in [3.05, 3.63) is 16.8 Å². The first-order valence-electron chi connectivity index (χ1n) is 5.02. The number of carboxylic acid groups (broad SMARTS) is 1. The van der Waals surface area contributed by atoms with E-state index in [-0.39, 0.29) is 5.91 Å². The maximum atomic E-state index is 11.5. The fourth-order valence-corrected chi connectivity index (χ4v) is 5.70. The lowest BCUT2D eigenvalue weighted by atomic mass is 10.2. The SMILES string of the molecule is CC(=O)N(C)c1c(I)cc(I)c(OCC(=O)O)c1I. The molecule has 1 N–H and O–H groups in total. The average Bonchev–Trinajstić information content (AvgIpc) is 2.27. The van der Waals surface area contributed by atoms with Gasteiger partial charge in [-0.2, -0.15) is 0 Å². The Balaban J connectivity index is 3.29. The molecule has 0 unspecified atom stereocenters. The summed E-state index contributed by atoms with van der Waals surface area (Å²) in [6.45, 7) is 1.07. The van der Waals surface area contributed by atoms with Crippen LogP contribution in [0, 0.1) is 10.7 Å². The first-order valence-corrected chi connectivity index (χ1v) is 8.25. The number of rotatable bonds is 4. The molecule has 0 fully saturated rings. The van der Waals surface area contributed by atoms with Crippen LogP contribution >= 0.6 is 67.8 Å². The maximum absolute atomic E-state index is 11.5. The predicted octanol–water partition coefficient (Wildman–Crippen LogP) is 2.95. The zero-order chi connectivity index (χ0) is 14.7. The first kappa shape index (κ1) is 17.2. The van der Waals surface area contributed by atoms with Gasteiger partial charge in [0, 0.05) is 17.5 Å². The van der Waals surface area contributed by atoms with E-state index in [0.29, 0.717) is 5.75 Å². The van der Waals surface area contributed by atoms with E-state index in [9.17, 15) is 9.59 Å². The Morgan fingerprint density at radius 3 is 2.37 bits per heavy atom. The third-order valence-electron chi connectivity index (χ3n) is 2.25. The summed E-state index contributed by atoms with van der Waals surface area (Å²) in [5, 5.41) is 8.68. The van der Waals surface area contributed by atoms with Crippen LogP contribution in [0.25, 0.3) is 0 Å². The Hall–Kier alpha value is 0.150. The number of carbonyl (C=O) groups excluding carboxylic acids is 1. The van der Waals surface area contributed by atoms with Gasteiger partial charge in [0.05, 0.1) is 12.8 Å². The van der Waals surface area contributed by atoms with E-state index < -0.39 is 12.6 Å². The second-order valence-corrected chi connectivity index (χ2v) is 7.00. The van der Waals surface area contributed by atoms with Gasteiger partial charge in [0.1, 0.15) is 5.75 Å². The lowest BCUT2D eigenvalue weighted by molar-refractivity contribution is -0.139. The standard InChI is InChI=1S/C11H10I3NO4/c1-5(16)15(2)10-6(12)3-7(13)11(9(10)14)19-4-8(17)18/h3H,4H2,1-2H3,(H,17,18). The van der Waals surface area contributed by atoms with E-state index in [1.165, 1.54) is 11.8 Å². The molecule has 0 spiro atoms. The number of amides is 1. The fourth-order valence-electron chi connectivity index (χ4n) is 1.29. The van der Waals surface area contributed by atoms with Crippen molar-refractivity contribution >= 4 is 85.3 Å². The van der Waals surface area contributed by atoms with Crippen molar-refractivity contribution in [1.29, 1.82) is 0 Å². The quantitative estimate of drug-likeness (QED) is 0.540. The van der Waals surface area contributed by atoms with Crippen LogP contribution in [0.5, 0.6) is 5.75 Å². The summed E-state index contributed by atoms with van der Waals surface area (Å²) in [4.78, 5) is 23.6. The second kappa shape index (κ2) is 7.24. The summed E-state index contributed by atoms with van der Waals surface area (Å²) in [7, 11) is 1.68. The van der Waals surface area contributed by atoms with Gasteiger partial charge >= 0.3 is 5.97 Å². The highest BCUT2D eigenvalue weighted by molar-refractivity contribution is 14.1. The van der Waals surface area contributed by atoms with E-state index in [1.807, 2.05) is 6.07 Å². The average molecular weight is 601 g/mol. The third kappa shape index (κ3) is 4.31. The van der Waals surface area contributed by atoms with Crippen molar-refractivity contribution in [2.45, 2.75) is 6.92 Å². The van der Waals surface area contributed by atoms with Crippen LogP contribution in [0.1, 0.15) is 6.92 Å². The monoisotopic (exact) mass is 601 g/mol. The van der Waals surface area contributed by atoms with Crippen molar-refractivity contribution in [2.24, 2.45) is 0 Å². The Morgan fingerprint density at radius 2 is 1.89 bits per heavy atom. The Morgan fingerprint density at radius 1 is 1.32 bits per heavy atom. The molecular formula is C11H10I3NO4. The molecule has 0 aliphatic heterocycles.